The Labute approximate surface area is 364 Å². The first-order valence-corrected chi connectivity index (χ1v) is 22.7. The normalized spacial score (nSPS) is 27.1. The van der Waals surface area contributed by atoms with Gasteiger partial charge in [0, 0.05) is 17.2 Å². The Bertz CT molecular complexity index is 2080. The molecule has 7 rings (SSSR count). The number of rotatable bonds is 13. The Kier molecular flexibility index (Phi) is 14.1. The summed E-state index contributed by atoms with van der Waals surface area (Å²) >= 11 is 0. The maximum Gasteiger partial charge on any atom is 0.349 e. The van der Waals surface area contributed by atoms with Crippen LogP contribution >= 0.6 is 0 Å². The molecule has 0 radical (unpaired) electrons. The standard InChI is InChI=1S/C48H56O13Si/c1-47(2,3)62(48(4,5)6)55-30-36-38(61-62)40(53-28-31-20-12-8-13-21-31)46(57-36)54-29-35-37(58-42(49)32-22-14-9-15-23-32)39(59-43(50)33-24-16-10-17-25-33)41(45(52-7)56-35)60-44(51)34-26-18-11-19-27-34/h8-27,35-41,45-46H,28-30H2,1-7H3/t35-,36-,37+,38-,39+,40+,41-,45+,46?/m1/s1. The van der Waals surface area contributed by atoms with Crippen molar-refractivity contribution < 1.29 is 61.1 Å². The number of benzene rings is 4. The molecule has 9 atom stereocenters. The molecule has 4 aromatic rings. The van der Waals surface area contributed by atoms with E-state index in [1.807, 2.05) is 30.3 Å². The minimum absolute atomic E-state index is 0.217. The summed E-state index contributed by atoms with van der Waals surface area (Å²) in [6, 6.07) is 34.7. The molecule has 3 heterocycles. The van der Waals surface area contributed by atoms with Gasteiger partial charge in [-0.15, -0.1) is 0 Å². The third-order valence-electron chi connectivity index (χ3n) is 11.3. The molecule has 0 aromatic heterocycles. The Balaban J connectivity index is 1.22. The van der Waals surface area contributed by atoms with E-state index in [2.05, 4.69) is 41.5 Å². The molecular weight excluding hydrogens is 813 g/mol. The van der Waals surface area contributed by atoms with Crippen molar-refractivity contribution in [2.45, 2.75) is 114 Å². The quantitative estimate of drug-likeness (QED) is 0.0733. The number of esters is 3. The summed E-state index contributed by atoms with van der Waals surface area (Å²) in [5, 5.41) is -0.625. The molecule has 14 heteroatoms. The Hall–Kier alpha value is -4.77. The molecule has 3 fully saturated rings. The van der Waals surface area contributed by atoms with Crippen molar-refractivity contribution in [2.24, 2.45) is 0 Å². The molecule has 4 aromatic carbocycles. The molecule has 13 nitrogen and oxygen atoms in total. The molecule has 0 saturated carbocycles. The smallest absolute Gasteiger partial charge is 0.349 e. The summed E-state index contributed by atoms with van der Waals surface area (Å²) in [6.45, 7) is 13.1. The summed E-state index contributed by atoms with van der Waals surface area (Å²) in [4.78, 5) is 41.4. The zero-order valence-corrected chi connectivity index (χ0v) is 37.2. The van der Waals surface area contributed by atoms with E-state index in [-0.39, 0.29) is 46.6 Å². The maximum absolute atomic E-state index is 13.9. The largest absolute Gasteiger partial charge is 0.452 e. The van der Waals surface area contributed by atoms with Crippen LogP contribution in [0.15, 0.2) is 121 Å². The molecule has 62 heavy (non-hydrogen) atoms. The number of hydrogen-bond donors (Lipinski definition) is 0. The van der Waals surface area contributed by atoms with Gasteiger partial charge in [0.05, 0.1) is 36.5 Å². The first-order chi connectivity index (χ1) is 29.7. The van der Waals surface area contributed by atoms with E-state index in [1.165, 1.54) is 7.11 Å². The second-order valence-corrected chi connectivity index (χ2v) is 22.4. The van der Waals surface area contributed by atoms with E-state index in [9.17, 15) is 14.4 Å². The summed E-state index contributed by atoms with van der Waals surface area (Å²) in [7, 11) is -1.62. The highest BCUT2D eigenvalue weighted by molar-refractivity contribution is 6.73. The van der Waals surface area contributed by atoms with Gasteiger partial charge in [0.15, 0.2) is 30.9 Å². The van der Waals surface area contributed by atoms with Crippen molar-refractivity contribution >= 4 is 26.5 Å². The number of carbonyl (C=O) groups excluding carboxylic acids is 3. The van der Waals surface area contributed by atoms with Gasteiger partial charge in [-0.1, -0.05) is 126 Å². The first kappa shape index (κ1) is 45.3. The molecule has 0 aliphatic carbocycles. The molecule has 0 spiro atoms. The van der Waals surface area contributed by atoms with Crippen LogP contribution in [0.4, 0.5) is 0 Å². The molecule has 3 aliphatic rings. The lowest BCUT2D eigenvalue weighted by Gasteiger charge is -2.53. The summed E-state index contributed by atoms with van der Waals surface area (Å²) in [5.74, 6) is -2.23. The number of carbonyl (C=O) groups is 3. The van der Waals surface area contributed by atoms with Crippen LogP contribution in [0.3, 0.4) is 0 Å². The molecule has 0 bridgehead atoms. The van der Waals surface area contributed by atoms with Gasteiger partial charge < -0.3 is 46.7 Å². The van der Waals surface area contributed by atoms with Gasteiger partial charge in [-0.05, 0) is 42.0 Å². The molecule has 0 amide bonds. The fraction of sp³-hybridized carbons (Fsp3) is 0.438. The Morgan fingerprint density at radius 3 is 1.53 bits per heavy atom. The first-order valence-electron chi connectivity index (χ1n) is 20.9. The van der Waals surface area contributed by atoms with E-state index >= 15 is 0 Å². The van der Waals surface area contributed by atoms with Crippen LogP contribution in [-0.4, -0.2) is 102 Å². The number of methoxy groups -OCH3 is 1. The van der Waals surface area contributed by atoms with Gasteiger partial charge in [0.2, 0.25) is 0 Å². The average Bonchev–Trinajstić information content (AvgIpc) is 3.62. The van der Waals surface area contributed by atoms with Crippen LogP contribution in [0.5, 0.6) is 0 Å². The average molecular weight is 869 g/mol. The number of hydrogen-bond acceptors (Lipinski definition) is 13. The minimum Gasteiger partial charge on any atom is -0.452 e. The van der Waals surface area contributed by atoms with Crippen molar-refractivity contribution in [2.75, 3.05) is 20.3 Å². The number of fused-ring (bicyclic) bond motifs is 1. The van der Waals surface area contributed by atoms with E-state index < -0.39 is 81.8 Å². The zero-order chi connectivity index (χ0) is 44.1. The molecule has 3 aliphatic heterocycles. The maximum atomic E-state index is 13.9. The number of ether oxygens (including phenoxy) is 8. The molecule has 1 unspecified atom stereocenters. The topological polar surface area (TPSA) is 144 Å². The fourth-order valence-electron chi connectivity index (χ4n) is 8.47. The van der Waals surface area contributed by atoms with Gasteiger partial charge in [-0.2, -0.15) is 0 Å². The van der Waals surface area contributed by atoms with Crippen LogP contribution in [0.1, 0.15) is 78.2 Å². The predicted octanol–water partition coefficient (Wildman–Crippen LogP) is 7.82. The Morgan fingerprint density at radius 1 is 0.581 bits per heavy atom. The molecule has 3 saturated heterocycles. The fourth-order valence-corrected chi connectivity index (χ4v) is 13.4. The van der Waals surface area contributed by atoms with Gasteiger partial charge in [0.1, 0.15) is 24.4 Å². The van der Waals surface area contributed by atoms with Crippen LogP contribution in [0.25, 0.3) is 0 Å². The van der Waals surface area contributed by atoms with E-state index in [0.29, 0.717) is 0 Å². The minimum atomic E-state index is -2.99. The van der Waals surface area contributed by atoms with Gasteiger partial charge in [-0.3, -0.25) is 0 Å². The van der Waals surface area contributed by atoms with Crippen molar-refractivity contribution in [1.29, 1.82) is 0 Å². The van der Waals surface area contributed by atoms with Crippen LogP contribution in [-0.2, 0) is 53.4 Å². The third kappa shape index (κ3) is 9.88. The lowest BCUT2D eigenvalue weighted by atomic mass is 9.97. The summed E-state index contributed by atoms with van der Waals surface area (Å²) < 4.78 is 64.5. The van der Waals surface area contributed by atoms with Gasteiger partial charge in [0.25, 0.3) is 0 Å². The third-order valence-corrected chi connectivity index (χ3v) is 16.4. The van der Waals surface area contributed by atoms with Crippen LogP contribution in [0.2, 0.25) is 10.1 Å². The highest BCUT2D eigenvalue weighted by atomic mass is 28.4. The summed E-state index contributed by atoms with van der Waals surface area (Å²) in [6.07, 6.45) is -9.53. The highest BCUT2D eigenvalue weighted by Gasteiger charge is 2.65. The van der Waals surface area contributed by atoms with Crippen molar-refractivity contribution in [1.82, 2.24) is 0 Å². The zero-order valence-electron chi connectivity index (χ0n) is 36.2. The van der Waals surface area contributed by atoms with Crippen LogP contribution < -0.4 is 0 Å². The van der Waals surface area contributed by atoms with E-state index in [1.54, 1.807) is 91.0 Å². The lowest BCUT2D eigenvalue weighted by Crippen LogP contribution is -2.65. The van der Waals surface area contributed by atoms with Gasteiger partial charge in [-0.25, -0.2) is 14.4 Å². The second-order valence-electron chi connectivity index (χ2n) is 17.6. The second kappa shape index (κ2) is 19.3. The Morgan fingerprint density at radius 2 is 1.05 bits per heavy atom. The van der Waals surface area contributed by atoms with Crippen molar-refractivity contribution in [3.8, 4) is 0 Å². The monoisotopic (exact) mass is 868 g/mol. The van der Waals surface area contributed by atoms with E-state index in [4.69, 9.17) is 46.7 Å². The van der Waals surface area contributed by atoms with E-state index in [0.717, 1.165) is 5.56 Å². The molecule has 0 N–H and O–H groups in total. The SMILES string of the molecule is CO[C@H]1O[C@H](COC2O[C@@H]3CO[Si](C(C)(C)C)(C(C)(C)C)O[C@H]3[C@@H]2OCc2ccccc2)[C@H](OC(=O)c2ccccc2)[C@H](OC(=O)c2ccccc2)[C@H]1OC(=O)c1ccccc1. The predicted molar refractivity (Wildman–Crippen MR) is 228 cm³/mol. The molecular formula is C48H56O13Si. The molecule has 330 valence electrons. The van der Waals surface area contributed by atoms with Crippen molar-refractivity contribution in [3.05, 3.63) is 144 Å². The van der Waals surface area contributed by atoms with Crippen molar-refractivity contribution in [3.63, 3.8) is 0 Å². The van der Waals surface area contributed by atoms with Gasteiger partial charge >= 0.3 is 26.5 Å². The lowest BCUT2D eigenvalue weighted by molar-refractivity contribution is -0.302. The van der Waals surface area contributed by atoms with Crippen LogP contribution in [0, 0.1) is 0 Å². The summed E-state index contributed by atoms with van der Waals surface area (Å²) in [5.41, 5.74) is 1.63. The highest BCUT2D eigenvalue weighted by Crippen LogP contribution is 2.55.